The summed E-state index contributed by atoms with van der Waals surface area (Å²) >= 11 is 1.69. The first-order chi connectivity index (χ1) is 7.36. The van der Waals surface area contributed by atoms with E-state index in [4.69, 9.17) is 0 Å². The second-order valence-corrected chi connectivity index (χ2v) is 4.25. The number of aryl methyl sites for hydroxylation is 1. The van der Waals surface area contributed by atoms with Gasteiger partial charge in [0, 0.05) is 30.7 Å². The summed E-state index contributed by atoms with van der Waals surface area (Å²) in [6, 6.07) is 4.00. The zero-order valence-electron chi connectivity index (χ0n) is 8.60. The van der Waals surface area contributed by atoms with Gasteiger partial charge in [0.2, 0.25) is 0 Å². The van der Waals surface area contributed by atoms with Gasteiger partial charge in [-0.05, 0) is 18.6 Å². The Morgan fingerprint density at radius 3 is 3.00 bits per heavy atom. The number of pyridine rings is 1. The fraction of sp³-hybridized carbons (Fsp3) is 0.273. The van der Waals surface area contributed by atoms with Crippen molar-refractivity contribution in [3.05, 3.63) is 40.5 Å². The van der Waals surface area contributed by atoms with Crippen LogP contribution in [0.5, 0.6) is 0 Å². The molecule has 2 heterocycles. The maximum absolute atomic E-state index is 4.27. The van der Waals surface area contributed by atoms with Crippen molar-refractivity contribution in [2.24, 2.45) is 0 Å². The molecule has 2 aromatic rings. The molecule has 2 aromatic heterocycles. The molecule has 0 aromatic carbocycles. The molecule has 2 rings (SSSR count). The fourth-order valence-electron chi connectivity index (χ4n) is 1.34. The standard InChI is InChI=1S/C11H13N3S/c1-9-3-2-5-13-11(9)14-6-4-10-12-7-8-15-10/h2-3,5,7-8H,4,6H2,1H3,(H,13,14). The molecule has 4 heteroatoms. The number of aromatic nitrogens is 2. The molecule has 0 bridgehead atoms. The summed E-state index contributed by atoms with van der Waals surface area (Å²) < 4.78 is 0. The smallest absolute Gasteiger partial charge is 0.128 e. The number of nitrogens with one attached hydrogen (secondary N) is 1. The average Bonchev–Trinajstić information content (AvgIpc) is 2.74. The quantitative estimate of drug-likeness (QED) is 0.858. The molecule has 0 saturated heterocycles. The second-order valence-electron chi connectivity index (χ2n) is 3.27. The van der Waals surface area contributed by atoms with Gasteiger partial charge in [-0.15, -0.1) is 11.3 Å². The van der Waals surface area contributed by atoms with Crippen molar-refractivity contribution < 1.29 is 0 Å². The van der Waals surface area contributed by atoms with E-state index in [0.29, 0.717) is 0 Å². The largest absolute Gasteiger partial charge is 0.369 e. The monoisotopic (exact) mass is 219 g/mol. The first-order valence-electron chi connectivity index (χ1n) is 4.90. The van der Waals surface area contributed by atoms with E-state index in [2.05, 4.69) is 28.3 Å². The number of hydrogen-bond acceptors (Lipinski definition) is 4. The third-order valence-corrected chi connectivity index (χ3v) is 2.96. The lowest BCUT2D eigenvalue weighted by Crippen LogP contribution is -2.07. The van der Waals surface area contributed by atoms with Crippen molar-refractivity contribution in [3.63, 3.8) is 0 Å². The maximum Gasteiger partial charge on any atom is 0.128 e. The van der Waals surface area contributed by atoms with E-state index < -0.39 is 0 Å². The molecule has 0 amide bonds. The Morgan fingerprint density at radius 2 is 2.27 bits per heavy atom. The summed E-state index contributed by atoms with van der Waals surface area (Å²) in [5, 5.41) is 6.47. The molecule has 0 atom stereocenters. The highest BCUT2D eigenvalue weighted by atomic mass is 32.1. The number of anilines is 1. The molecule has 0 fully saturated rings. The molecule has 0 radical (unpaired) electrons. The third-order valence-electron chi connectivity index (χ3n) is 2.12. The van der Waals surface area contributed by atoms with Gasteiger partial charge in [-0.2, -0.15) is 0 Å². The van der Waals surface area contributed by atoms with Crippen LogP contribution in [0, 0.1) is 6.92 Å². The van der Waals surface area contributed by atoms with Gasteiger partial charge in [-0.25, -0.2) is 9.97 Å². The van der Waals surface area contributed by atoms with Gasteiger partial charge < -0.3 is 5.32 Å². The van der Waals surface area contributed by atoms with Crippen LogP contribution < -0.4 is 5.32 Å². The maximum atomic E-state index is 4.27. The lowest BCUT2D eigenvalue weighted by molar-refractivity contribution is 0.983. The lowest BCUT2D eigenvalue weighted by atomic mass is 10.3. The molecular weight excluding hydrogens is 206 g/mol. The van der Waals surface area contributed by atoms with Gasteiger partial charge in [-0.3, -0.25) is 0 Å². The summed E-state index contributed by atoms with van der Waals surface area (Å²) in [5.74, 6) is 0.967. The van der Waals surface area contributed by atoms with E-state index in [0.717, 1.165) is 23.8 Å². The summed E-state index contributed by atoms with van der Waals surface area (Å²) in [6.45, 7) is 2.93. The minimum absolute atomic E-state index is 0.880. The summed E-state index contributed by atoms with van der Waals surface area (Å²) in [5.41, 5.74) is 1.18. The second kappa shape index (κ2) is 4.89. The molecule has 15 heavy (non-hydrogen) atoms. The van der Waals surface area contributed by atoms with Crippen molar-refractivity contribution in [2.45, 2.75) is 13.3 Å². The first kappa shape index (κ1) is 10.1. The van der Waals surface area contributed by atoms with Crippen LogP contribution in [0.3, 0.4) is 0 Å². The van der Waals surface area contributed by atoms with E-state index in [9.17, 15) is 0 Å². The highest BCUT2D eigenvalue weighted by Gasteiger charge is 1.98. The van der Waals surface area contributed by atoms with Gasteiger partial charge in [0.25, 0.3) is 0 Å². The minimum atomic E-state index is 0.880. The van der Waals surface area contributed by atoms with Crippen LogP contribution in [0.4, 0.5) is 5.82 Å². The lowest BCUT2D eigenvalue weighted by Gasteiger charge is -2.06. The first-order valence-corrected chi connectivity index (χ1v) is 5.78. The fourth-order valence-corrected chi connectivity index (χ4v) is 1.96. The van der Waals surface area contributed by atoms with Crippen LogP contribution in [0.2, 0.25) is 0 Å². The van der Waals surface area contributed by atoms with Crippen molar-refractivity contribution in [1.82, 2.24) is 9.97 Å². The minimum Gasteiger partial charge on any atom is -0.369 e. The Bertz CT molecular complexity index is 412. The summed E-state index contributed by atoms with van der Waals surface area (Å²) in [7, 11) is 0. The number of thiazole rings is 1. The van der Waals surface area contributed by atoms with Crippen LogP contribution in [0.1, 0.15) is 10.6 Å². The topological polar surface area (TPSA) is 37.8 Å². The number of hydrogen-bond donors (Lipinski definition) is 1. The van der Waals surface area contributed by atoms with Crippen molar-refractivity contribution in [2.75, 3.05) is 11.9 Å². The van der Waals surface area contributed by atoms with Crippen LogP contribution in [0.15, 0.2) is 29.9 Å². The predicted octanol–water partition coefficient (Wildman–Crippen LogP) is 2.50. The van der Waals surface area contributed by atoms with Crippen LogP contribution >= 0.6 is 11.3 Å². The van der Waals surface area contributed by atoms with E-state index in [1.165, 1.54) is 5.56 Å². The molecular formula is C11H13N3S. The van der Waals surface area contributed by atoms with Crippen LogP contribution in [-0.4, -0.2) is 16.5 Å². The average molecular weight is 219 g/mol. The molecule has 0 unspecified atom stereocenters. The van der Waals surface area contributed by atoms with Gasteiger partial charge in [0.1, 0.15) is 5.82 Å². The molecule has 78 valence electrons. The van der Waals surface area contributed by atoms with E-state index in [-0.39, 0.29) is 0 Å². The van der Waals surface area contributed by atoms with Gasteiger partial charge in [0.15, 0.2) is 0 Å². The molecule has 3 nitrogen and oxygen atoms in total. The van der Waals surface area contributed by atoms with E-state index in [1.807, 2.05) is 17.6 Å². The molecule has 0 aliphatic rings. The van der Waals surface area contributed by atoms with Gasteiger partial charge >= 0.3 is 0 Å². The van der Waals surface area contributed by atoms with Crippen molar-refractivity contribution >= 4 is 17.2 Å². The number of rotatable bonds is 4. The normalized spacial score (nSPS) is 10.2. The Balaban J connectivity index is 1.86. The molecule has 0 aliphatic heterocycles. The zero-order valence-corrected chi connectivity index (χ0v) is 9.42. The van der Waals surface area contributed by atoms with Gasteiger partial charge in [0.05, 0.1) is 5.01 Å². The van der Waals surface area contributed by atoms with Crippen LogP contribution in [0.25, 0.3) is 0 Å². The number of nitrogens with zero attached hydrogens (tertiary/aromatic N) is 2. The van der Waals surface area contributed by atoms with Gasteiger partial charge in [-0.1, -0.05) is 6.07 Å². The van der Waals surface area contributed by atoms with Crippen molar-refractivity contribution in [3.8, 4) is 0 Å². The van der Waals surface area contributed by atoms with Crippen molar-refractivity contribution in [1.29, 1.82) is 0 Å². The highest BCUT2D eigenvalue weighted by molar-refractivity contribution is 7.09. The molecule has 0 aliphatic carbocycles. The Kier molecular flexibility index (Phi) is 3.29. The predicted molar refractivity (Wildman–Crippen MR) is 63.3 cm³/mol. The highest BCUT2D eigenvalue weighted by Crippen LogP contribution is 2.10. The third kappa shape index (κ3) is 2.76. The van der Waals surface area contributed by atoms with E-state index >= 15 is 0 Å². The Labute approximate surface area is 93.2 Å². The molecule has 0 saturated carbocycles. The summed E-state index contributed by atoms with van der Waals surface area (Å²) in [4.78, 5) is 8.50. The van der Waals surface area contributed by atoms with E-state index in [1.54, 1.807) is 17.5 Å². The zero-order chi connectivity index (χ0) is 10.5. The summed E-state index contributed by atoms with van der Waals surface area (Å²) in [6.07, 6.45) is 4.60. The molecule has 1 N–H and O–H groups in total. The van der Waals surface area contributed by atoms with Crippen LogP contribution in [-0.2, 0) is 6.42 Å². The molecule has 0 spiro atoms. The Hall–Kier alpha value is -1.42. The Morgan fingerprint density at radius 1 is 1.33 bits per heavy atom. The SMILES string of the molecule is Cc1cccnc1NCCc1nccs1.